The predicted octanol–water partition coefficient (Wildman–Crippen LogP) is 3.17. The Hall–Kier alpha value is -3.55. The van der Waals surface area contributed by atoms with Crippen molar-refractivity contribution in [2.45, 2.75) is 12.1 Å². The van der Waals surface area contributed by atoms with E-state index in [1.54, 1.807) is 0 Å². The first-order chi connectivity index (χ1) is 12.2. The van der Waals surface area contributed by atoms with E-state index in [2.05, 4.69) is 10.4 Å². The van der Waals surface area contributed by atoms with Crippen molar-refractivity contribution >= 4 is 5.71 Å². The van der Waals surface area contributed by atoms with Crippen LogP contribution in [0.25, 0.3) is 5.48 Å². The number of hydrogen-bond donors (Lipinski definition) is 0. The molecular formula is C15H8F3N4O4-. The van der Waals surface area contributed by atoms with Crippen molar-refractivity contribution in [2.24, 2.45) is 5.92 Å². The maximum atomic E-state index is 12.7. The molecule has 0 bridgehead atoms. The van der Waals surface area contributed by atoms with Crippen LogP contribution in [0, 0.1) is 32.6 Å². The second-order valence-electron chi connectivity index (χ2n) is 5.42. The van der Waals surface area contributed by atoms with Gasteiger partial charge < -0.3 is 10.4 Å². The molecule has 0 spiro atoms. The highest BCUT2D eigenvalue weighted by atomic mass is 19.4. The minimum Gasteiger partial charge on any atom is -0.567 e. The lowest BCUT2D eigenvalue weighted by atomic mass is 9.81. The molecule has 1 heterocycles. The second kappa shape index (κ2) is 6.07. The van der Waals surface area contributed by atoms with E-state index in [9.17, 15) is 33.8 Å². The Morgan fingerprint density at radius 2 is 2.00 bits per heavy atom. The van der Waals surface area contributed by atoms with Crippen molar-refractivity contribution < 1.29 is 27.9 Å². The molecule has 1 aromatic carbocycles. The maximum absolute atomic E-state index is 12.7. The van der Waals surface area contributed by atoms with Crippen LogP contribution in [0.5, 0.6) is 0 Å². The number of fused-ring (bicyclic) bond motifs is 1. The summed E-state index contributed by atoms with van der Waals surface area (Å²) in [6.45, 7) is 0. The summed E-state index contributed by atoms with van der Waals surface area (Å²) in [6, 6.07) is 5.64. The predicted molar refractivity (Wildman–Crippen MR) is 79.5 cm³/mol. The number of nitro groups is 1. The first-order valence-electron chi connectivity index (χ1n) is 7.10. The van der Waals surface area contributed by atoms with Crippen LogP contribution in [-0.4, -0.2) is 15.5 Å². The third-order valence-corrected chi connectivity index (χ3v) is 3.96. The van der Waals surface area contributed by atoms with Gasteiger partial charge in [0.2, 0.25) is 5.70 Å². The smallest absolute Gasteiger partial charge is 0.416 e. The van der Waals surface area contributed by atoms with Gasteiger partial charge in [0.1, 0.15) is 0 Å². The lowest BCUT2D eigenvalue weighted by molar-refractivity contribution is -0.717. The monoisotopic (exact) mass is 365 g/mol. The van der Waals surface area contributed by atoms with Gasteiger partial charge in [-0.3, -0.25) is 15.3 Å². The summed E-state index contributed by atoms with van der Waals surface area (Å²) in [7, 11) is 0. The van der Waals surface area contributed by atoms with E-state index in [0.717, 1.165) is 24.3 Å². The Bertz CT molecular complexity index is 897. The third kappa shape index (κ3) is 2.81. The van der Waals surface area contributed by atoms with E-state index in [1.165, 1.54) is 12.2 Å². The lowest BCUT2D eigenvalue weighted by Gasteiger charge is -2.24. The molecule has 1 aliphatic heterocycles. The maximum Gasteiger partial charge on any atom is 0.416 e. The van der Waals surface area contributed by atoms with Crippen molar-refractivity contribution in [3.8, 4) is 6.07 Å². The average molecular weight is 365 g/mol. The van der Waals surface area contributed by atoms with Gasteiger partial charge in [0.15, 0.2) is 0 Å². The average Bonchev–Trinajstić information content (AvgIpc) is 2.96. The van der Waals surface area contributed by atoms with Gasteiger partial charge in [0.05, 0.1) is 28.4 Å². The van der Waals surface area contributed by atoms with E-state index in [0.29, 0.717) is 0 Å². The summed E-state index contributed by atoms with van der Waals surface area (Å²) in [5, 5.41) is 32.3. The highest BCUT2D eigenvalue weighted by Gasteiger charge is 2.39. The Kier molecular flexibility index (Phi) is 4.03. The Balaban J connectivity index is 2.02. The van der Waals surface area contributed by atoms with E-state index in [1.807, 2.05) is 6.07 Å². The molecule has 26 heavy (non-hydrogen) atoms. The van der Waals surface area contributed by atoms with Crippen molar-refractivity contribution in [3.05, 3.63) is 79.7 Å². The Morgan fingerprint density at radius 3 is 2.54 bits per heavy atom. The number of hydrogen-bond acceptors (Lipinski definition) is 5. The van der Waals surface area contributed by atoms with Gasteiger partial charge in [-0.05, 0) is 17.7 Å². The van der Waals surface area contributed by atoms with Crippen molar-refractivity contribution in [3.63, 3.8) is 0 Å². The molecule has 0 saturated carbocycles. The molecule has 3 rings (SSSR count). The zero-order chi connectivity index (χ0) is 19.1. The van der Waals surface area contributed by atoms with Gasteiger partial charge in [-0.2, -0.15) is 18.4 Å². The number of allylic oxidation sites excluding steroid dienone is 2. The summed E-state index contributed by atoms with van der Waals surface area (Å²) in [5.74, 6) is -2.27. The molecule has 0 saturated heterocycles. The van der Waals surface area contributed by atoms with Crippen LogP contribution in [0.1, 0.15) is 17.0 Å². The standard InChI is InChI=1S/C15H8F3N4O4/c16-15(17,18)9-3-1-8(2-4-9)11(7-19)10-5-6-12-13(14(10)21(23)24)20-26-22(12)25/h1-6,10-11H/q-1. The largest absolute Gasteiger partial charge is 0.567 e. The van der Waals surface area contributed by atoms with E-state index >= 15 is 0 Å². The highest BCUT2D eigenvalue weighted by molar-refractivity contribution is 6.08. The van der Waals surface area contributed by atoms with Gasteiger partial charge in [-0.15, -0.1) is 0 Å². The van der Waals surface area contributed by atoms with Crippen molar-refractivity contribution in [2.75, 3.05) is 0 Å². The summed E-state index contributed by atoms with van der Waals surface area (Å²) in [4.78, 5) is 15.0. The molecule has 2 aliphatic rings. The number of rotatable bonds is 3. The molecule has 1 aromatic rings. The molecule has 2 unspecified atom stereocenters. The van der Waals surface area contributed by atoms with Crippen LogP contribution >= 0.6 is 0 Å². The van der Waals surface area contributed by atoms with Crippen LogP contribution in [0.3, 0.4) is 0 Å². The molecule has 8 nitrogen and oxygen atoms in total. The normalized spacial score (nSPS) is 20.2. The second-order valence-corrected chi connectivity index (χ2v) is 5.42. The summed E-state index contributed by atoms with van der Waals surface area (Å²) >= 11 is 0. The fraction of sp³-hybridized carbons (Fsp3) is 0.200. The highest BCUT2D eigenvalue weighted by Crippen LogP contribution is 2.39. The van der Waals surface area contributed by atoms with E-state index in [-0.39, 0.29) is 21.9 Å². The zero-order valence-electron chi connectivity index (χ0n) is 12.7. The van der Waals surface area contributed by atoms with E-state index in [4.69, 9.17) is 0 Å². The Morgan fingerprint density at radius 1 is 1.35 bits per heavy atom. The Labute approximate surface area is 143 Å². The summed E-state index contributed by atoms with van der Waals surface area (Å²) in [6.07, 6.45) is -2.05. The van der Waals surface area contributed by atoms with Gasteiger partial charge in [-0.1, -0.05) is 18.2 Å². The zero-order valence-corrected chi connectivity index (χ0v) is 12.7. The minimum absolute atomic E-state index is 0.00887. The van der Waals surface area contributed by atoms with E-state index < -0.39 is 34.2 Å². The van der Waals surface area contributed by atoms with Gasteiger partial charge in [0, 0.05) is 16.7 Å². The lowest BCUT2D eigenvalue weighted by Crippen LogP contribution is -2.24. The number of benzene rings is 1. The SMILES string of the molecule is N#CC(c1ccc(C(F)(F)F)cc1)C1C=CC2=[N+]([O-])O[N-]C2=C1[N+](=O)[O-]. The number of nitriles is 1. The van der Waals surface area contributed by atoms with Crippen molar-refractivity contribution in [1.29, 1.82) is 5.26 Å². The number of nitrogens with zero attached hydrogens (tertiary/aromatic N) is 4. The summed E-state index contributed by atoms with van der Waals surface area (Å²) < 4.78 is 38.0. The fourth-order valence-corrected chi connectivity index (χ4v) is 2.74. The molecule has 0 amide bonds. The molecule has 11 heteroatoms. The van der Waals surface area contributed by atoms with Crippen LogP contribution in [0.15, 0.2) is 47.8 Å². The van der Waals surface area contributed by atoms with Crippen LogP contribution in [0.4, 0.5) is 13.2 Å². The van der Waals surface area contributed by atoms with Crippen LogP contribution in [-0.2, 0) is 11.1 Å². The molecule has 0 N–H and O–H groups in total. The molecule has 0 fully saturated rings. The molecule has 1 aliphatic carbocycles. The van der Waals surface area contributed by atoms with Crippen LogP contribution < -0.4 is 0 Å². The number of halogens is 3. The first kappa shape index (κ1) is 17.3. The quantitative estimate of drug-likeness (QED) is 0.463. The number of hydroxylamine groups is 1. The van der Waals surface area contributed by atoms with Gasteiger partial charge in [0.25, 0.3) is 5.71 Å². The third-order valence-electron chi connectivity index (χ3n) is 3.96. The molecule has 2 atom stereocenters. The molecule has 0 aromatic heterocycles. The fourth-order valence-electron chi connectivity index (χ4n) is 2.74. The molecule has 134 valence electrons. The molecular weight excluding hydrogens is 357 g/mol. The summed E-state index contributed by atoms with van der Waals surface area (Å²) in [5.41, 5.74) is 1.58. The first-order valence-corrected chi connectivity index (χ1v) is 7.10. The minimum atomic E-state index is -4.54. The van der Waals surface area contributed by atoms with Gasteiger partial charge in [-0.25, -0.2) is 0 Å². The topological polar surface area (TPSA) is 116 Å². The number of alkyl halides is 3. The van der Waals surface area contributed by atoms with Crippen molar-refractivity contribution in [1.82, 2.24) is 0 Å². The van der Waals surface area contributed by atoms with Gasteiger partial charge >= 0.3 is 6.18 Å². The molecule has 0 radical (unpaired) electrons. The van der Waals surface area contributed by atoms with Crippen LogP contribution in [0.2, 0.25) is 0 Å².